The number of aryl methyl sites for hydroxylation is 1. The van der Waals surface area contributed by atoms with Gasteiger partial charge in [-0.25, -0.2) is 9.69 Å². The first kappa shape index (κ1) is 19.1. The summed E-state index contributed by atoms with van der Waals surface area (Å²) in [6, 6.07) is 16.3. The molecule has 2 N–H and O–H groups in total. The van der Waals surface area contributed by atoms with Crippen molar-refractivity contribution in [1.29, 1.82) is 0 Å². The van der Waals surface area contributed by atoms with Crippen LogP contribution in [0.1, 0.15) is 18.1 Å². The van der Waals surface area contributed by atoms with E-state index in [1.165, 1.54) is 0 Å². The van der Waals surface area contributed by atoms with Crippen LogP contribution in [-0.4, -0.2) is 29.3 Å². The van der Waals surface area contributed by atoms with E-state index in [0.717, 1.165) is 21.6 Å². The van der Waals surface area contributed by atoms with Gasteiger partial charge in [-0.2, -0.15) is 0 Å². The van der Waals surface area contributed by atoms with Gasteiger partial charge in [-0.3, -0.25) is 9.59 Å². The number of allylic oxidation sites excluding steroid dienone is 2. The van der Waals surface area contributed by atoms with Crippen LogP contribution in [0.15, 0.2) is 71.9 Å². The quantitative estimate of drug-likeness (QED) is 0.620. The smallest absolute Gasteiger partial charge is 0.325 e. The molecule has 2 aromatic rings. The second-order valence-electron chi connectivity index (χ2n) is 6.59. The van der Waals surface area contributed by atoms with Crippen molar-refractivity contribution in [2.45, 2.75) is 13.8 Å². The number of carbonyl (C=O) groups excluding carboxylic acids is 3. The third-order valence-electron chi connectivity index (χ3n) is 4.17. The van der Waals surface area contributed by atoms with Crippen molar-refractivity contribution >= 4 is 29.6 Å². The molecular formula is C22H21N3O3. The highest BCUT2D eigenvalue weighted by Gasteiger charge is 2.34. The summed E-state index contributed by atoms with van der Waals surface area (Å²) in [5, 5.41) is 5.21. The van der Waals surface area contributed by atoms with Gasteiger partial charge >= 0.3 is 6.03 Å². The largest absolute Gasteiger partial charge is 0.329 e. The Morgan fingerprint density at radius 1 is 1.07 bits per heavy atom. The van der Waals surface area contributed by atoms with Crippen molar-refractivity contribution in [3.8, 4) is 0 Å². The summed E-state index contributed by atoms with van der Waals surface area (Å²) in [5.74, 6) is -0.963. The first-order valence-corrected chi connectivity index (χ1v) is 8.87. The number of hydrogen-bond donors (Lipinski definition) is 2. The highest BCUT2D eigenvalue weighted by Crippen LogP contribution is 2.15. The van der Waals surface area contributed by atoms with E-state index in [2.05, 4.69) is 10.6 Å². The number of hydrogen-bond acceptors (Lipinski definition) is 3. The van der Waals surface area contributed by atoms with E-state index in [-0.39, 0.29) is 12.2 Å². The molecule has 1 saturated heterocycles. The average molecular weight is 375 g/mol. The Kier molecular flexibility index (Phi) is 5.69. The van der Waals surface area contributed by atoms with E-state index < -0.39 is 17.8 Å². The number of urea groups is 1. The number of imide groups is 1. The molecular weight excluding hydrogens is 354 g/mol. The highest BCUT2D eigenvalue weighted by molar-refractivity contribution is 6.14. The monoisotopic (exact) mass is 375 g/mol. The molecule has 0 bridgehead atoms. The van der Waals surface area contributed by atoms with Crippen molar-refractivity contribution in [2.75, 3.05) is 11.9 Å². The van der Waals surface area contributed by atoms with Crippen LogP contribution < -0.4 is 10.6 Å². The molecule has 0 atom stereocenters. The fourth-order valence-electron chi connectivity index (χ4n) is 2.78. The zero-order valence-electron chi connectivity index (χ0n) is 15.7. The minimum absolute atomic E-state index is 0.151. The van der Waals surface area contributed by atoms with Gasteiger partial charge < -0.3 is 10.6 Å². The van der Waals surface area contributed by atoms with Crippen LogP contribution >= 0.6 is 0 Å². The number of anilines is 1. The van der Waals surface area contributed by atoms with Crippen LogP contribution in [0.2, 0.25) is 0 Å². The second kappa shape index (κ2) is 8.35. The highest BCUT2D eigenvalue weighted by atomic mass is 16.2. The number of carbonyl (C=O) groups is 3. The van der Waals surface area contributed by atoms with E-state index >= 15 is 0 Å². The van der Waals surface area contributed by atoms with Crippen LogP contribution in [-0.2, 0) is 9.59 Å². The lowest BCUT2D eigenvalue weighted by Gasteiger charge is -2.12. The van der Waals surface area contributed by atoms with Gasteiger partial charge in [0.15, 0.2) is 0 Å². The Morgan fingerprint density at radius 3 is 2.43 bits per heavy atom. The summed E-state index contributed by atoms with van der Waals surface area (Å²) in [7, 11) is 0. The third-order valence-corrected chi connectivity index (χ3v) is 4.17. The van der Waals surface area contributed by atoms with E-state index in [0.29, 0.717) is 5.69 Å². The Labute approximate surface area is 163 Å². The summed E-state index contributed by atoms with van der Waals surface area (Å²) in [4.78, 5) is 37.7. The van der Waals surface area contributed by atoms with Crippen molar-refractivity contribution in [3.05, 3.63) is 83.1 Å². The molecule has 3 rings (SSSR count). The third kappa shape index (κ3) is 4.73. The summed E-state index contributed by atoms with van der Waals surface area (Å²) in [6.45, 7) is 3.43. The lowest BCUT2D eigenvalue weighted by molar-refractivity contribution is -0.127. The van der Waals surface area contributed by atoms with E-state index in [4.69, 9.17) is 0 Å². The molecule has 142 valence electrons. The number of rotatable bonds is 5. The van der Waals surface area contributed by atoms with Gasteiger partial charge in [0.25, 0.3) is 5.91 Å². The normalized spacial score (nSPS) is 15.7. The van der Waals surface area contributed by atoms with Crippen molar-refractivity contribution in [2.24, 2.45) is 0 Å². The van der Waals surface area contributed by atoms with Gasteiger partial charge in [-0.1, -0.05) is 54.1 Å². The molecule has 0 aromatic heterocycles. The summed E-state index contributed by atoms with van der Waals surface area (Å²) < 4.78 is 0. The van der Waals surface area contributed by atoms with Crippen molar-refractivity contribution in [3.63, 3.8) is 0 Å². The summed E-state index contributed by atoms with van der Waals surface area (Å²) >= 11 is 0. The molecule has 0 unspecified atom stereocenters. The Bertz CT molecular complexity index is 960. The minimum Gasteiger partial charge on any atom is -0.325 e. The molecule has 28 heavy (non-hydrogen) atoms. The lowest BCUT2D eigenvalue weighted by Crippen LogP contribution is -2.38. The maximum Gasteiger partial charge on any atom is 0.329 e. The molecule has 6 nitrogen and oxygen atoms in total. The fourth-order valence-corrected chi connectivity index (χ4v) is 2.78. The van der Waals surface area contributed by atoms with E-state index in [1.807, 2.05) is 62.4 Å². The van der Waals surface area contributed by atoms with Crippen LogP contribution in [0.5, 0.6) is 0 Å². The Morgan fingerprint density at radius 2 is 1.75 bits per heavy atom. The van der Waals surface area contributed by atoms with Gasteiger partial charge in [0, 0.05) is 5.69 Å². The molecule has 2 aromatic carbocycles. The van der Waals surface area contributed by atoms with Crippen LogP contribution in [0.4, 0.5) is 10.5 Å². The number of amides is 4. The summed E-state index contributed by atoms with van der Waals surface area (Å²) in [6.07, 6.45) is 3.50. The van der Waals surface area contributed by atoms with E-state index in [1.54, 1.807) is 18.2 Å². The molecule has 1 fully saturated rings. The molecule has 4 amide bonds. The number of nitrogens with one attached hydrogen (secondary N) is 2. The predicted octanol–water partition coefficient (Wildman–Crippen LogP) is 3.47. The zero-order chi connectivity index (χ0) is 20.1. The Hall–Kier alpha value is -3.67. The lowest BCUT2D eigenvalue weighted by atomic mass is 10.1. The van der Waals surface area contributed by atoms with Gasteiger partial charge in [-0.05, 0) is 43.2 Å². The van der Waals surface area contributed by atoms with Crippen LogP contribution in [0.3, 0.4) is 0 Å². The molecule has 1 aliphatic rings. The average Bonchev–Trinajstić information content (AvgIpc) is 2.91. The number of benzene rings is 2. The molecule has 0 aliphatic carbocycles. The first-order valence-electron chi connectivity index (χ1n) is 8.87. The van der Waals surface area contributed by atoms with Crippen molar-refractivity contribution in [1.82, 2.24) is 10.2 Å². The molecule has 0 spiro atoms. The molecule has 0 saturated carbocycles. The van der Waals surface area contributed by atoms with Gasteiger partial charge in [0.1, 0.15) is 12.2 Å². The van der Waals surface area contributed by atoms with Crippen LogP contribution in [0, 0.1) is 6.92 Å². The minimum atomic E-state index is -0.609. The molecule has 1 aliphatic heterocycles. The zero-order valence-corrected chi connectivity index (χ0v) is 15.7. The summed E-state index contributed by atoms with van der Waals surface area (Å²) in [5.41, 5.74) is 3.63. The SMILES string of the molecule is CC(/C=C1\NC(=O)N(CC(=O)Nc2ccc(C)cc2)C1=O)=C\c1ccccc1. The van der Waals surface area contributed by atoms with Crippen molar-refractivity contribution < 1.29 is 14.4 Å². The standard InChI is InChI=1S/C22H21N3O3/c1-15-8-10-18(11-9-15)23-20(26)14-25-21(27)19(24-22(25)28)13-16(2)12-17-6-4-3-5-7-17/h3-13H,14H2,1-2H3,(H,23,26)(H,24,28)/b16-12+,19-13-. The maximum absolute atomic E-state index is 12.5. The topological polar surface area (TPSA) is 78.5 Å². The number of nitrogens with zero attached hydrogens (tertiary/aromatic N) is 1. The van der Waals surface area contributed by atoms with Gasteiger partial charge in [0.05, 0.1) is 0 Å². The first-order chi connectivity index (χ1) is 13.4. The fraction of sp³-hybridized carbons (Fsp3) is 0.136. The van der Waals surface area contributed by atoms with Gasteiger partial charge in [-0.15, -0.1) is 0 Å². The Balaban J connectivity index is 1.66. The van der Waals surface area contributed by atoms with Crippen LogP contribution in [0.25, 0.3) is 6.08 Å². The molecule has 1 heterocycles. The second-order valence-corrected chi connectivity index (χ2v) is 6.59. The van der Waals surface area contributed by atoms with Gasteiger partial charge in [0.2, 0.25) is 5.91 Å². The van der Waals surface area contributed by atoms with E-state index in [9.17, 15) is 14.4 Å². The molecule has 0 radical (unpaired) electrons. The molecule has 6 heteroatoms. The predicted molar refractivity (Wildman–Crippen MR) is 108 cm³/mol. The maximum atomic E-state index is 12.5.